The summed E-state index contributed by atoms with van der Waals surface area (Å²) >= 11 is 5.84. The number of nitrogen functional groups attached to an aromatic ring is 1. The number of nitrogens with two attached hydrogens (primary N) is 1. The van der Waals surface area contributed by atoms with Gasteiger partial charge in [0.15, 0.2) is 0 Å². The molecule has 0 aliphatic heterocycles. The standard InChI is InChI=1S/C14H12ClFN2O/c1-8-4-2-7-11(16)13(8)18-14(19)9-5-3-6-10(15)12(9)17/h2-7H,17H2,1H3,(H,18,19). The molecule has 98 valence electrons. The lowest BCUT2D eigenvalue weighted by molar-refractivity contribution is 0.102. The average molecular weight is 279 g/mol. The van der Waals surface area contributed by atoms with Gasteiger partial charge in [-0.2, -0.15) is 0 Å². The molecule has 19 heavy (non-hydrogen) atoms. The Morgan fingerprint density at radius 3 is 2.63 bits per heavy atom. The number of nitrogens with one attached hydrogen (secondary N) is 1. The maximum Gasteiger partial charge on any atom is 0.257 e. The van der Waals surface area contributed by atoms with Gasteiger partial charge in [0.05, 0.1) is 22.0 Å². The van der Waals surface area contributed by atoms with Gasteiger partial charge in [-0.1, -0.05) is 29.8 Å². The summed E-state index contributed by atoms with van der Waals surface area (Å²) < 4.78 is 13.6. The number of aryl methyl sites for hydroxylation is 1. The number of rotatable bonds is 2. The molecule has 2 aromatic carbocycles. The van der Waals surface area contributed by atoms with Crippen LogP contribution in [-0.4, -0.2) is 5.91 Å². The lowest BCUT2D eigenvalue weighted by atomic mass is 10.1. The molecule has 3 N–H and O–H groups in total. The Bertz CT molecular complexity index is 623. The number of amides is 1. The van der Waals surface area contributed by atoms with Crippen LogP contribution in [0, 0.1) is 12.7 Å². The highest BCUT2D eigenvalue weighted by Gasteiger charge is 2.14. The van der Waals surface area contributed by atoms with Gasteiger partial charge >= 0.3 is 0 Å². The van der Waals surface area contributed by atoms with Gasteiger partial charge in [-0.3, -0.25) is 4.79 Å². The van der Waals surface area contributed by atoms with Crippen LogP contribution in [0.2, 0.25) is 5.02 Å². The SMILES string of the molecule is Cc1cccc(F)c1NC(=O)c1cccc(Cl)c1N. The van der Waals surface area contributed by atoms with E-state index in [1.807, 2.05) is 0 Å². The molecule has 0 aliphatic carbocycles. The normalized spacial score (nSPS) is 10.3. The molecule has 0 spiro atoms. The van der Waals surface area contributed by atoms with E-state index in [-0.39, 0.29) is 22.0 Å². The van der Waals surface area contributed by atoms with E-state index in [4.69, 9.17) is 17.3 Å². The topological polar surface area (TPSA) is 55.1 Å². The lowest BCUT2D eigenvalue weighted by Crippen LogP contribution is -2.16. The molecule has 0 aromatic heterocycles. The first-order valence-corrected chi connectivity index (χ1v) is 5.99. The number of carbonyl (C=O) groups is 1. The summed E-state index contributed by atoms with van der Waals surface area (Å²) in [6, 6.07) is 9.30. The van der Waals surface area contributed by atoms with E-state index in [1.165, 1.54) is 12.1 Å². The van der Waals surface area contributed by atoms with Crippen LogP contribution in [0.5, 0.6) is 0 Å². The zero-order chi connectivity index (χ0) is 14.0. The van der Waals surface area contributed by atoms with Crippen molar-refractivity contribution in [3.63, 3.8) is 0 Å². The minimum atomic E-state index is -0.492. The van der Waals surface area contributed by atoms with E-state index in [1.54, 1.807) is 31.2 Å². The number of para-hydroxylation sites is 2. The minimum absolute atomic E-state index is 0.145. The van der Waals surface area contributed by atoms with Crippen molar-refractivity contribution in [3.8, 4) is 0 Å². The number of anilines is 2. The smallest absolute Gasteiger partial charge is 0.257 e. The van der Waals surface area contributed by atoms with E-state index in [0.29, 0.717) is 5.56 Å². The van der Waals surface area contributed by atoms with Crippen LogP contribution in [-0.2, 0) is 0 Å². The number of benzene rings is 2. The molecule has 0 bridgehead atoms. The molecule has 0 atom stereocenters. The first-order valence-electron chi connectivity index (χ1n) is 5.61. The maximum atomic E-state index is 13.6. The first-order chi connectivity index (χ1) is 9.00. The molecule has 0 fully saturated rings. The second kappa shape index (κ2) is 5.28. The van der Waals surface area contributed by atoms with E-state index in [2.05, 4.69) is 5.32 Å². The van der Waals surface area contributed by atoms with Crippen molar-refractivity contribution in [2.45, 2.75) is 6.92 Å². The van der Waals surface area contributed by atoms with Crippen molar-refractivity contribution in [1.82, 2.24) is 0 Å². The summed E-state index contributed by atoms with van der Waals surface area (Å²) in [4.78, 5) is 12.1. The van der Waals surface area contributed by atoms with Crippen LogP contribution >= 0.6 is 11.6 Å². The fraction of sp³-hybridized carbons (Fsp3) is 0.0714. The van der Waals surface area contributed by atoms with Crippen LogP contribution < -0.4 is 11.1 Å². The average Bonchev–Trinajstić information content (AvgIpc) is 2.37. The maximum absolute atomic E-state index is 13.6. The van der Waals surface area contributed by atoms with Crippen LogP contribution in [0.3, 0.4) is 0 Å². The quantitative estimate of drug-likeness (QED) is 0.824. The van der Waals surface area contributed by atoms with E-state index >= 15 is 0 Å². The molecule has 0 unspecified atom stereocenters. The molecular weight excluding hydrogens is 267 g/mol. The molecule has 0 radical (unpaired) electrons. The zero-order valence-electron chi connectivity index (χ0n) is 10.2. The second-order valence-electron chi connectivity index (χ2n) is 4.09. The van der Waals surface area contributed by atoms with Crippen molar-refractivity contribution >= 4 is 28.9 Å². The number of hydrogen-bond acceptors (Lipinski definition) is 2. The predicted molar refractivity (Wildman–Crippen MR) is 75.0 cm³/mol. The molecule has 3 nitrogen and oxygen atoms in total. The third-order valence-electron chi connectivity index (χ3n) is 2.76. The summed E-state index contributed by atoms with van der Waals surface area (Å²) in [7, 11) is 0. The highest BCUT2D eigenvalue weighted by atomic mass is 35.5. The van der Waals surface area contributed by atoms with Crippen LogP contribution in [0.25, 0.3) is 0 Å². The van der Waals surface area contributed by atoms with Gasteiger partial charge in [-0.25, -0.2) is 4.39 Å². The Morgan fingerprint density at radius 1 is 1.26 bits per heavy atom. The van der Waals surface area contributed by atoms with Crippen molar-refractivity contribution in [1.29, 1.82) is 0 Å². The van der Waals surface area contributed by atoms with E-state index in [0.717, 1.165) is 0 Å². The van der Waals surface area contributed by atoms with E-state index in [9.17, 15) is 9.18 Å². The molecular formula is C14H12ClFN2O. The number of carbonyl (C=O) groups excluding carboxylic acids is 1. The van der Waals surface area contributed by atoms with Crippen LogP contribution in [0.4, 0.5) is 15.8 Å². The van der Waals surface area contributed by atoms with Crippen molar-refractivity contribution in [2.24, 2.45) is 0 Å². The molecule has 5 heteroatoms. The van der Waals surface area contributed by atoms with E-state index < -0.39 is 11.7 Å². The summed E-state index contributed by atoms with van der Waals surface area (Å²) in [6.07, 6.45) is 0. The third-order valence-corrected chi connectivity index (χ3v) is 3.09. The molecule has 0 saturated carbocycles. The Morgan fingerprint density at radius 2 is 1.95 bits per heavy atom. The first kappa shape index (κ1) is 13.4. The van der Waals surface area contributed by atoms with Gasteiger partial charge in [-0.05, 0) is 30.7 Å². The van der Waals surface area contributed by atoms with Crippen LogP contribution in [0.1, 0.15) is 15.9 Å². The minimum Gasteiger partial charge on any atom is -0.397 e. The Labute approximate surface area is 115 Å². The van der Waals surface area contributed by atoms with Crippen molar-refractivity contribution in [2.75, 3.05) is 11.1 Å². The van der Waals surface area contributed by atoms with Gasteiger partial charge in [0, 0.05) is 0 Å². The monoisotopic (exact) mass is 278 g/mol. The molecule has 0 heterocycles. The third kappa shape index (κ3) is 2.69. The molecule has 2 aromatic rings. The van der Waals surface area contributed by atoms with Crippen molar-refractivity contribution < 1.29 is 9.18 Å². The predicted octanol–water partition coefficient (Wildman–Crippen LogP) is 3.62. The molecule has 2 rings (SSSR count). The summed E-state index contributed by atoms with van der Waals surface area (Å²) in [6.45, 7) is 1.71. The fourth-order valence-corrected chi connectivity index (χ4v) is 1.88. The number of hydrogen-bond donors (Lipinski definition) is 2. The fourth-order valence-electron chi connectivity index (χ4n) is 1.71. The molecule has 1 amide bonds. The highest BCUT2D eigenvalue weighted by Crippen LogP contribution is 2.25. The van der Waals surface area contributed by atoms with Crippen molar-refractivity contribution in [3.05, 3.63) is 58.4 Å². The zero-order valence-corrected chi connectivity index (χ0v) is 11.0. The lowest BCUT2D eigenvalue weighted by Gasteiger charge is -2.11. The Balaban J connectivity index is 2.34. The van der Waals surface area contributed by atoms with Crippen LogP contribution in [0.15, 0.2) is 36.4 Å². The summed E-state index contributed by atoms with van der Waals surface area (Å²) in [5.41, 5.74) is 6.90. The highest BCUT2D eigenvalue weighted by molar-refractivity contribution is 6.34. The Hall–Kier alpha value is -2.07. The summed E-state index contributed by atoms with van der Waals surface area (Å²) in [5, 5.41) is 2.80. The second-order valence-corrected chi connectivity index (χ2v) is 4.49. The largest absolute Gasteiger partial charge is 0.397 e. The molecule has 0 saturated heterocycles. The Kier molecular flexibility index (Phi) is 3.71. The van der Waals surface area contributed by atoms with Gasteiger partial charge in [0.25, 0.3) is 5.91 Å². The van der Waals surface area contributed by atoms with Gasteiger partial charge in [0.1, 0.15) is 5.82 Å². The number of halogens is 2. The summed E-state index contributed by atoms with van der Waals surface area (Å²) in [5.74, 6) is -0.984. The van der Waals surface area contributed by atoms with Gasteiger partial charge < -0.3 is 11.1 Å². The van der Waals surface area contributed by atoms with Gasteiger partial charge in [0.2, 0.25) is 0 Å². The van der Waals surface area contributed by atoms with Gasteiger partial charge in [-0.15, -0.1) is 0 Å². The molecule has 0 aliphatic rings.